The Labute approximate surface area is 114 Å². The molecule has 0 radical (unpaired) electrons. The van der Waals surface area contributed by atoms with Gasteiger partial charge in [0.15, 0.2) is 0 Å². The van der Waals surface area contributed by atoms with Crippen molar-refractivity contribution in [3.8, 4) is 6.07 Å². The van der Waals surface area contributed by atoms with Gasteiger partial charge in [0.1, 0.15) is 0 Å². The number of nitriles is 1. The maximum absolute atomic E-state index is 11.8. The van der Waals surface area contributed by atoms with Crippen molar-refractivity contribution in [3.05, 3.63) is 35.9 Å². The number of benzene rings is 1. The minimum atomic E-state index is -0.0313. The lowest BCUT2D eigenvalue weighted by Crippen LogP contribution is -2.38. The maximum Gasteiger partial charge on any atom is 0.234 e. The maximum atomic E-state index is 11.8. The number of amides is 1. The topological polar surface area (TPSA) is 56.1 Å². The first-order valence-corrected chi connectivity index (χ1v) is 6.62. The molecule has 1 saturated carbocycles. The summed E-state index contributed by atoms with van der Waals surface area (Å²) in [6.07, 6.45) is 2.57. The zero-order valence-electron chi connectivity index (χ0n) is 11.2. The lowest BCUT2D eigenvalue weighted by atomic mass is 10.0. The van der Waals surface area contributed by atoms with E-state index in [-0.39, 0.29) is 11.9 Å². The van der Waals surface area contributed by atoms with Gasteiger partial charge in [-0.25, -0.2) is 0 Å². The molecule has 1 aromatic carbocycles. The van der Waals surface area contributed by atoms with Crippen LogP contribution in [0.3, 0.4) is 0 Å². The summed E-state index contributed by atoms with van der Waals surface area (Å²) in [4.78, 5) is 13.7. The van der Waals surface area contributed by atoms with Crippen molar-refractivity contribution in [1.29, 1.82) is 5.26 Å². The summed E-state index contributed by atoms with van der Waals surface area (Å²) in [5.74, 6) is 0.0453. The predicted octanol–water partition coefficient (Wildman–Crippen LogP) is 1.85. The van der Waals surface area contributed by atoms with Gasteiger partial charge in [0.25, 0.3) is 0 Å². The summed E-state index contributed by atoms with van der Waals surface area (Å²) >= 11 is 0. The van der Waals surface area contributed by atoms with Gasteiger partial charge in [0.05, 0.1) is 19.0 Å². The molecule has 0 bridgehead atoms. The van der Waals surface area contributed by atoms with Crippen molar-refractivity contribution in [2.24, 2.45) is 0 Å². The largest absolute Gasteiger partial charge is 0.352 e. The molecule has 19 heavy (non-hydrogen) atoms. The number of carbonyl (C=O) groups excluding carboxylic acids is 1. The summed E-state index contributed by atoms with van der Waals surface area (Å²) in [5, 5.41) is 11.9. The van der Waals surface area contributed by atoms with Gasteiger partial charge in [0.2, 0.25) is 5.91 Å². The Morgan fingerprint density at radius 2 is 2.16 bits per heavy atom. The Morgan fingerprint density at radius 3 is 2.74 bits per heavy atom. The molecule has 0 aromatic heterocycles. The summed E-state index contributed by atoms with van der Waals surface area (Å²) in [6.45, 7) is 0.331. The zero-order chi connectivity index (χ0) is 13.7. The molecule has 4 heteroatoms. The first-order chi connectivity index (χ1) is 9.20. The highest BCUT2D eigenvalue weighted by atomic mass is 16.2. The van der Waals surface area contributed by atoms with Crippen LogP contribution in [0.4, 0.5) is 0 Å². The molecule has 0 spiro atoms. The number of hydrogen-bond donors (Lipinski definition) is 1. The zero-order valence-corrected chi connectivity index (χ0v) is 11.2. The average molecular weight is 257 g/mol. The lowest BCUT2D eigenvalue weighted by Gasteiger charge is -2.26. The molecule has 1 amide bonds. The molecular weight excluding hydrogens is 238 g/mol. The minimum Gasteiger partial charge on any atom is -0.352 e. The molecule has 1 fully saturated rings. The van der Waals surface area contributed by atoms with Crippen LogP contribution in [0.25, 0.3) is 0 Å². The molecular formula is C15H19N3O. The van der Waals surface area contributed by atoms with Gasteiger partial charge in [0, 0.05) is 12.1 Å². The second kappa shape index (κ2) is 6.35. The second-order valence-electron chi connectivity index (χ2n) is 5.05. The van der Waals surface area contributed by atoms with Gasteiger partial charge in [-0.15, -0.1) is 0 Å². The van der Waals surface area contributed by atoms with Crippen molar-refractivity contribution < 1.29 is 4.79 Å². The van der Waals surface area contributed by atoms with Crippen LogP contribution >= 0.6 is 0 Å². The first-order valence-electron chi connectivity index (χ1n) is 6.62. The van der Waals surface area contributed by atoms with Gasteiger partial charge in [-0.2, -0.15) is 5.26 Å². The number of rotatable bonds is 6. The third kappa shape index (κ3) is 4.08. The standard InChI is InChI=1S/C15H19N3O/c1-18(11-15(19)17-13-7-8-13)14(9-10-16)12-5-3-2-4-6-12/h2-6,13-14H,7-9,11H2,1H3,(H,17,19). The Bertz CT molecular complexity index is 462. The van der Waals surface area contributed by atoms with E-state index < -0.39 is 0 Å². The molecule has 1 atom stereocenters. The highest BCUT2D eigenvalue weighted by Gasteiger charge is 2.25. The van der Waals surface area contributed by atoms with Crippen molar-refractivity contribution in [2.45, 2.75) is 31.3 Å². The van der Waals surface area contributed by atoms with Crippen molar-refractivity contribution >= 4 is 5.91 Å². The van der Waals surface area contributed by atoms with Crippen LogP contribution < -0.4 is 5.32 Å². The van der Waals surface area contributed by atoms with Crippen LogP contribution in [-0.4, -0.2) is 30.4 Å². The van der Waals surface area contributed by atoms with Gasteiger partial charge in [-0.1, -0.05) is 30.3 Å². The van der Waals surface area contributed by atoms with E-state index in [4.69, 9.17) is 5.26 Å². The molecule has 1 aliphatic carbocycles. The molecule has 1 aliphatic rings. The number of likely N-dealkylation sites (N-methyl/N-ethyl adjacent to an activating group) is 1. The number of nitrogens with one attached hydrogen (secondary N) is 1. The van der Waals surface area contributed by atoms with Crippen LogP contribution in [-0.2, 0) is 4.79 Å². The second-order valence-corrected chi connectivity index (χ2v) is 5.05. The average Bonchev–Trinajstić information content (AvgIpc) is 3.20. The molecule has 0 aliphatic heterocycles. The summed E-state index contributed by atoms with van der Waals surface area (Å²) < 4.78 is 0. The third-order valence-electron chi connectivity index (χ3n) is 3.34. The SMILES string of the molecule is CN(CC(=O)NC1CC1)C(CC#N)c1ccccc1. The molecule has 100 valence electrons. The molecule has 1 unspecified atom stereocenters. The van der Waals surface area contributed by atoms with E-state index in [9.17, 15) is 4.79 Å². The molecule has 2 rings (SSSR count). The number of nitrogens with zero attached hydrogens (tertiary/aromatic N) is 2. The van der Waals surface area contributed by atoms with Crippen LogP contribution in [0.1, 0.15) is 30.9 Å². The Kier molecular flexibility index (Phi) is 4.53. The summed E-state index contributed by atoms with van der Waals surface area (Å²) in [5.41, 5.74) is 1.07. The molecule has 0 saturated heterocycles. The molecule has 4 nitrogen and oxygen atoms in total. The Balaban J connectivity index is 1.97. The fraction of sp³-hybridized carbons (Fsp3) is 0.467. The van der Waals surface area contributed by atoms with Gasteiger partial charge in [-0.05, 0) is 25.5 Å². The van der Waals surface area contributed by atoms with Crippen LogP contribution in [0.2, 0.25) is 0 Å². The van der Waals surface area contributed by atoms with E-state index in [0.29, 0.717) is 19.0 Å². The molecule has 1 aromatic rings. The van der Waals surface area contributed by atoms with Crippen molar-refractivity contribution in [1.82, 2.24) is 10.2 Å². The number of carbonyl (C=O) groups is 1. The smallest absolute Gasteiger partial charge is 0.234 e. The van der Waals surface area contributed by atoms with E-state index >= 15 is 0 Å². The van der Waals surface area contributed by atoms with E-state index in [1.54, 1.807) is 0 Å². The van der Waals surface area contributed by atoms with Crippen molar-refractivity contribution in [2.75, 3.05) is 13.6 Å². The Morgan fingerprint density at radius 1 is 1.47 bits per heavy atom. The highest BCUT2D eigenvalue weighted by Crippen LogP contribution is 2.23. The predicted molar refractivity (Wildman–Crippen MR) is 73.2 cm³/mol. The quantitative estimate of drug-likeness (QED) is 0.846. The van der Waals surface area contributed by atoms with Gasteiger partial charge >= 0.3 is 0 Å². The third-order valence-corrected chi connectivity index (χ3v) is 3.34. The fourth-order valence-electron chi connectivity index (χ4n) is 2.13. The van der Waals surface area contributed by atoms with Gasteiger partial charge < -0.3 is 5.32 Å². The monoisotopic (exact) mass is 257 g/mol. The minimum absolute atomic E-state index is 0.0313. The fourth-order valence-corrected chi connectivity index (χ4v) is 2.13. The van der Waals surface area contributed by atoms with E-state index in [1.165, 1.54) is 0 Å². The lowest BCUT2D eigenvalue weighted by molar-refractivity contribution is -0.122. The van der Waals surface area contributed by atoms with Crippen LogP contribution in [0.15, 0.2) is 30.3 Å². The summed E-state index contributed by atoms with van der Waals surface area (Å²) in [6, 6.07) is 12.4. The highest BCUT2D eigenvalue weighted by molar-refractivity contribution is 5.78. The van der Waals surface area contributed by atoms with Crippen LogP contribution in [0, 0.1) is 11.3 Å². The van der Waals surface area contributed by atoms with E-state index in [0.717, 1.165) is 18.4 Å². The van der Waals surface area contributed by atoms with Crippen LogP contribution in [0.5, 0.6) is 0 Å². The normalized spacial score (nSPS) is 15.8. The van der Waals surface area contributed by atoms with Gasteiger partial charge in [-0.3, -0.25) is 9.69 Å². The molecule has 1 N–H and O–H groups in total. The van der Waals surface area contributed by atoms with E-state index in [1.807, 2.05) is 42.3 Å². The molecule has 0 heterocycles. The van der Waals surface area contributed by atoms with E-state index in [2.05, 4.69) is 11.4 Å². The summed E-state index contributed by atoms with van der Waals surface area (Å²) in [7, 11) is 1.89. The first kappa shape index (κ1) is 13.6. The Hall–Kier alpha value is -1.86. The van der Waals surface area contributed by atoms with Crippen molar-refractivity contribution in [3.63, 3.8) is 0 Å². The number of hydrogen-bond acceptors (Lipinski definition) is 3.